The molecule has 0 spiro atoms. The number of hydrogen-bond acceptors (Lipinski definition) is 2. The van der Waals surface area contributed by atoms with E-state index in [-0.39, 0.29) is 5.91 Å². The molecule has 0 aliphatic rings. The molecular weight excluding hydrogens is 200 g/mol. The zero-order valence-corrected chi connectivity index (χ0v) is 10.5. The Kier molecular flexibility index (Phi) is 6.23. The summed E-state index contributed by atoms with van der Waals surface area (Å²) in [6.07, 6.45) is 0. The molecule has 1 amide bonds. The van der Waals surface area contributed by atoms with Crippen LogP contribution < -0.4 is 10.6 Å². The Balaban J connectivity index is 3.79. The molecule has 90 valence electrons. The van der Waals surface area contributed by atoms with E-state index in [0.717, 1.165) is 17.8 Å². The number of nitrogens with one attached hydrogen (secondary N) is 2. The van der Waals surface area contributed by atoms with Crippen LogP contribution in [0.4, 0.5) is 0 Å². The van der Waals surface area contributed by atoms with E-state index in [0.29, 0.717) is 18.0 Å². The lowest BCUT2D eigenvalue weighted by Gasteiger charge is -2.15. The van der Waals surface area contributed by atoms with E-state index in [2.05, 4.69) is 37.3 Å². The van der Waals surface area contributed by atoms with Gasteiger partial charge in [-0.25, -0.2) is 0 Å². The molecule has 0 rings (SSSR count). The van der Waals surface area contributed by atoms with Gasteiger partial charge in [0.25, 0.3) is 0 Å². The van der Waals surface area contributed by atoms with Crippen molar-refractivity contribution < 1.29 is 4.79 Å². The minimum atomic E-state index is -0.0921. The highest BCUT2D eigenvalue weighted by molar-refractivity contribution is 5.92. The van der Waals surface area contributed by atoms with Crippen LogP contribution in [0.2, 0.25) is 0 Å². The van der Waals surface area contributed by atoms with Crippen LogP contribution in [0, 0.1) is 5.92 Å². The molecule has 0 aromatic heterocycles. The molecule has 0 aliphatic carbocycles. The normalized spacial score (nSPS) is 11.4. The topological polar surface area (TPSA) is 41.1 Å². The molecule has 3 heteroatoms. The van der Waals surface area contributed by atoms with Crippen molar-refractivity contribution in [1.29, 1.82) is 0 Å². The molecule has 0 fully saturated rings. The van der Waals surface area contributed by atoms with Crippen molar-refractivity contribution in [1.82, 2.24) is 10.6 Å². The maximum atomic E-state index is 11.2. The van der Waals surface area contributed by atoms with Crippen LogP contribution in [0.1, 0.15) is 20.8 Å². The van der Waals surface area contributed by atoms with Gasteiger partial charge in [-0.15, -0.1) is 0 Å². The van der Waals surface area contributed by atoms with E-state index in [1.54, 1.807) is 6.92 Å². The summed E-state index contributed by atoms with van der Waals surface area (Å²) < 4.78 is 0. The quantitative estimate of drug-likeness (QED) is 0.511. The average molecular weight is 222 g/mol. The van der Waals surface area contributed by atoms with E-state index < -0.39 is 0 Å². The standard InChI is InChI=1S/C13H22N2O/c1-9(2)12(6)14-7-11(5)8-15-13(16)10(3)4/h11,14H,1,3,6-8H2,2,4-5H3,(H,15,16). The van der Waals surface area contributed by atoms with Crippen molar-refractivity contribution in [3.05, 3.63) is 36.6 Å². The lowest BCUT2D eigenvalue weighted by Crippen LogP contribution is -2.33. The summed E-state index contributed by atoms with van der Waals surface area (Å²) in [4.78, 5) is 11.2. The number of rotatable bonds is 7. The third kappa shape index (κ3) is 6.06. The van der Waals surface area contributed by atoms with Gasteiger partial charge in [0, 0.05) is 24.4 Å². The van der Waals surface area contributed by atoms with Crippen molar-refractivity contribution in [2.45, 2.75) is 20.8 Å². The average Bonchev–Trinajstić information content (AvgIpc) is 2.21. The molecule has 16 heavy (non-hydrogen) atoms. The fraction of sp³-hybridized carbons (Fsp3) is 0.462. The highest BCUT2D eigenvalue weighted by atomic mass is 16.1. The Morgan fingerprint density at radius 1 is 1.06 bits per heavy atom. The van der Waals surface area contributed by atoms with Crippen molar-refractivity contribution in [2.75, 3.05) is 13.1 Å². The maximum absolute atomic E-state index is 11.2. The number of carbonyl (C=O) groups excluding carboxylic acids is 1. The molecule has 0 saturated carbocycles. The van der Waals surface area contributed by atoms with Gasteiger partial charge in [-0.3, -0.25) is 4.79 Å². The van der Waals surface area contributed by atoms with Gasteiger partial charge in [-0.05, 0) is 25.3 Å². The van der Waals surface area contributed by atoms with Crippen LogP contribution in [-0.4, -0.2) is 19.0 Å². The zero-order valence-electron chi connectivity index (χ0n) is 10.5. The third-order valence-corrected chi connectivity index (χ3v) is 2.18. The number of allylic oxidation sites excluding steroid dienone is 1. The monoisotopic (exact) mass is 222 g/mol. The Hall–Kier alpha value is -1.51. The first-order valence-corrected chi connectivity index (χ1v) is 5.37. The predicted octanol–water partition coefficient (Wildman–Crippen LogP) is 1.99. The summed E-state index contributed by atoms with van der Waals surface area (Å²) in [5.74, 6) is 0.241. The van der Waals surface area contributed by atoms with E-state index in [1.807, 2.05) is 6.92 Å². The van der Waals surface area contributed by atoms with Gasteiger partial charge >= 0.3 is 0 Å². The van der Waals surface area contributed by atoms with E-state index in [9.17, 15) is 4.79 Å². The van der Waals surface area contributed by atoms with Crippen molar-refractivity contribution in [3.8, 4) is 0 Å². The summed E-state index contributed by atoms with van der Waals surface area (Å²) in [6.45, 7) is 18.2. The SMILES string of the molecule is C=C(C)C(=C)NCC(C)CNC(=O)C(=C)C. The molecule has 0 bridgehead atoms. The molecule has 2 N–H and O–H groups in total. The largest absolute Gasteiger partial charge is 0.385 e. The van der Waals surface area contributed by atoms with Crippen LogP contribution in [0.3, 0.4) is 0 Å². The third-order valence-electron chi connectivity index (χ3n) is 2.18. The number of carbonyl (C=O) groups is 1. The van der Waals surface area contributed by atoms with E-state index >= 15 is 0 Å². The van der Waals surface area contributed by atoms with Gasteiger partial charge in [0.05, 0.1) is 0 Å². The van der Waals surface area contributed by atoms with Gasteiger partial charge in [0.15, 0.2) is 0 Å². The first kappa shape index (κ1) is 14.5. The second-order valence-corrected chi connectivity index (χ2v) is 4.24. The van der Waals surface area contributed by atoms with Gasteiger partial charge in [0.1, 0.15) is 0 Å². The fourth-order valence-corrected chi connectivity index (χ4v) is 0.938. The second kappa shape index (κ2) is 6.88. The molecule has 0 aromatic carbocycles. The first-order valence-electron chi connectivity index (χ1n) is 5.37. The molecule has 1 atom stereocenters. The van der Waals surface area contributed by atoms with Gasteiger partial charge in [-0.2, -0.15) is 0 Å². The summed E-state index contributed by atoms with van der Waals surface area (Å²) >= 11 is 0. The minimum Gasteiger partial charge on any atom is -0.385 e. The summed E-state index contributed by atoms with van der Waals surface area (Å²) in [6, 6.07) is 0. The molecule has 0 heterocycles. The smallest absolute Gasteiger partial charge is 0.246 e. The highest BCUT2D eigenvalue weighted by Crippen LogP contribution is 2.00. The fourth-order valence-electron chi connectivity index (χ4n) is 0.938. The molecule has 0 aromatic rings. The Labute approximate surface area is 98.3 Å². The Morgan fingerprint density at radius 3 is 2.00 bits per heavy atom. The zero-order chi connectivity index (χ0) is 12.7. The minimum absolute atomic E-state index is 0.0921. The molecule has 0 aliphatic heterocycles. The van der Waals surface area contributed by atoms with Crippen molar-refractivity contribution in [3.63, 3.8) is 0 Å². The number of hydrogen-bond donors (Lipinski definition) is 2. The van der Waals surface area contributed by atoms with E-state index in [1.165, 1.54) is 0 Å². The van der Waals surface area contributed by atoms with Crippen LogP contribution in [0.5, 0.6) is 0 Å². The highest BCUT2D eigenvalue weighted by Gasteiger charge is 2.06. The van der Waals surface area contributed by atoms with Crippen LogP contribution in [0.25, 0.3) is 0 Å². The summed E-state index contributed by atoms with van der Waals surface area (Å²) in [5.41, 5.74) is 2.31. The molecule has 0 radical (unpaired) electrons. The van der Waals surface area contributed by atoms with Crippen LogP contribution in [-0.2, 0) is 4.79 Å². The van der Waals surface area contributed by atoms with Crippen molar-refractivity contribution >= 4 is 5.91 Å². The maximum Gasteiger partial charge on any atom is 0.246 e. The second-order valence-electron chi connectivity index (χ2n) is 4.24. The Bertz CT molecular complexity index is 275. The lowest BCUT2D eigenvalue weighted by molar-refractivity contribution is -0.117. The predicted molar refractivity (Wildman–Crippen MR) is 68.9 cm³/mol. The first-order chi connectivity index (χ1) is 7.34. The van der Waals surface area contributed by atoms with Gasteiger partial charge in [0.2, 0.25) is 5.91 Å². The Morgan fingerprint density at radius 2 is 1.56 bits per heavy atom. The van der Waals surface area contributed by atoms with Gasteiger partial charge < -0.3 is 10.6 Å². The van der Waals surface area contributed by atoms with Gasteiger partial charge in [-0.1, -0.05) is 26.7 Å². The van der Waals surface area contributed by atoms with Crippen LogP contribution >= 0.6 is 0 Å². The molecular formula is C13H22N2O. The molecule has 1 unspecified atom stereocenters. The lowest BCUT2D eigenvalue weighted by atomic mass is 10.1. The van der Waals surface area contributed by atoms with Crippen LogP contribution in [0.15, 0.2) is 36.6 Å². The summed E-state index contributed by atoms with van der Waals surface area (Å²) in [5, 5.41) is 5.97. The molecule has 3 nitrogen and oxygen atoms in total. The van der Waals surface area contributed by atoms with E-state index in [4.69, 9.17) is 0 Å². The summed E-state index contributed by atoms with van der Waals surface area (Å²) in [7, 11) is 0. The molecule has 0 saturated heterocycles. The number of amides is 1. The van der Waals surface area contributed by atoms with Crippen molar-refractivity contribution in [2.24, 2.45) is 5.92 Å².